The minimum Gasteiger partial charge on any atom is -0.340 e. The monoisotopic (exact) mass is 325 g/mol. The number of hydrogen-bond donors (Lipinski definition) is 1. The summed E-state index contributed by atoms with van der Waals surface area (Å²) in [6.07, 6.45) is 0.193. The highest BCUT2D eigenvalue weighted by Crippen LogP contribution is 2.07. The highest BCUT2D eigenvalue weighted by Gasteiger charge is 2.20. The summed E-state index contributed by atoms with van der Waals surface area (Å²) >= 11 is 0. The maximum absolute atomic E-state index is 12.1. The van der Waals surface area contributed by atoms with Crippen molar-refractivity contribution in [1.82, 2.24) is 14.5 Å². The summed E-state index contributed by atoms with van der Waals surface area (Å²) in [6.45, 7) is 6.45. The molecule has 1 N–H and O–H groups in total. The first-order valence-electron chi connectivity index (χ1n) is 7.58. The second-order valence-electron chi connectivity index (χ2n) is 5.28. The van der Waals surface area contributed by atoms with E-state index in [4.69, 9.17) is 0 Å². The summed E-state index contributed by atoms with van der Waals surface area (Å²) in [4.78, 5) is 16.4. The Labute approximate surface area is 132 Å². The van der Waals surface area contributed by atoms with E-state index in [9.17, 15) is 13.2 Å². The predicted octanol–water partition coefficient (Wildman–Crippen LogP) is 0.519. The maximum atomic E-state index is 12.1. The van der Waals surface area contributed by atoms with Crippen LogP contribution in [0.2, 0.25) is 0 Å². The molecule has 0 aromatic heterocycles. The van der Waals surface area contributed by atoms with Gasteiger partial charge >= 0.3 is 0 Å². The molecule has 1 aliphatic heterocycles. The second-order valence-corrected chi connectivity index (χ2v) is 7.04. The van der Waals surface area contributed by atoms with Crippen LogP contribution in [0.1, 0.15) is 13.3 Å². The van der Waals surface area contributed by atoms with Gasteiger partial charge in [0.2, 0.25) is 15.9 Å². The van der Waals surface area contributed by atoms with Crippen molar-refractivity contribution in [3.8, 4) is 0 Å². The summed E-state index contributed by atoms with van der Waals surface area (Å²) < 4.78 is 26.5. The van der Waals surface area contributed by atoms with Crippen LogP contribution in [-0.2, 0) is 14.8 Å². The number of nitrogens with zero attached hydrogens (tertiary/aromatic N) is 2. The molecule has 22 heavy (non-hydrogen) atoms. The van der Waals surface area contributed by atoms with E-state index in [1.165, 1.54) is 12.1 Å². The van der Waals surface area contributed by atoms with Crippen molar-refractivity contribution in [1.29, 1.82) is 0 Å². The third kappa shape index (κ3) is 4.53. The van der Waals surface area contributed by atoms with Crippen LogP contribution >= 0.6 is 0 Å². The number of rotatable bonds is 6. The molecule has 6 nitrogen and oxygen atoms in total. The Morgan fingerprint density at radius 3 is 2.36 bits per heavy atom. The van der Waals surface area contributed by atoms with E-state index in [1.807, 2.05) is 4.90 Å². The molecule has 0 aliphatic carbocycles. The average molecular weight is 325 g/mol. The number of hydrogen-bond acceptors (Lipinski definition) is 4. The predicted molar refractivity (Wildman–Crippen MR) is 84.9 cm³/mol. The fourth-order valence-corrected chi connectivity index (χ4v) is 3.50. The van der Waals surface area contributed by atoms with Gasteiger partial charge in [-0.2, -0.15) is 0 Å². The number of benzene rings is 1. The number of piperazine rings is 1. The highest BCUT2D eigenvalue weighted by molar-refractivity contribution is 7.89. The van der Waals surface area contributed by atoms with E-state index in [0.29, 0.717) is 0 Å². The van der Waals surface area contributed by atoms with Crippen LogP contribution < -0.4 is 4.72 Å². The van der Waals surface area contributed by atoms with Crippen LogP contribution in [-0.4, -0.2) is 63.4 Å². The Balaban J connectivity index is 1.78. The van der Waals surface area contributed by atoms with E-state index in [1.54, 1.807) is 18.2 Å². The standard InChI is InChI=1S/C15H23N3O3S/c1-2-17-10-12-18(13-11-17)15(19)8-9-16-22(20,21)14-6-4-3-5-7-14/h3-7,16H,2,8-13H2,1H3. The van der Waals surface area contributed by atoms with Crippen LogP contribution in [0, 0.1) is 0 Å². The maximum Gasteiger partial charge on any atom is 0.240 e. The number of nitrogens with one attached hydrogen (secondary N) is 1. The van der Waals surface area contributed by atoms with Crippen molar-refractivity contribution in [2.24, 2.45) is 0 Å². The van der Waals surface area contributed by atoms with Gasteiger partial charge in [0, 0.05) is 39.1 Å². The van der Waals surface area contributed by atoms with Crippen molar-refractivity contribution in [3.63, 3.8) is 0 Å². The normalized spacial score (nSPS) is 16.7. The van der Waals surface area contributed by atoms with Crippen LogP contribution in [0.25, 0.3) is 0 Å². The van der Waals surface area contributed by atoms with E-state index in [0.717, 1.165) is 32.7 Å². The molecule has 0 unspecified atom stereocenters. The molecule has 122 valence electrons. The number of carbonyl (C=O) groups is 1. The van der Waals surface area contributed by atoms with Crippen LogP contribution in [0.3, 0.4) is 0 Å². The summed E-state index contributed by atoms with van der Waals surface area (Å²) in [5.74, 6) is 0.00603. The third-order valence-corrected chi connectivity index (χ3v) is 5.33. The second kappa shape index (κ2) is 7.71. The van der Waals surface area contributed by atoms with Gasteiger partial charge < -0.3 is 9.80 Å². The molecule has 2 rings (SSSR count). The van der Waals surface area contributed by atoms with Crippen molar-refractivity contribution in [2.45, 2.75) is 18.2 Å². The van der Waals surface area contributed by atoms with Crippen molar-refractivity contribution in [3.05, 3.63) is 30.3 Å². The van der Waals surface area contributed by atoms with Crippen molar-refractivity contribution >= 4 is 15.9 Å². The lowest BCUT2D eigenvalue weighted by Crippen LogP contribution is -2.49. The van der Waals surface area contributed by atoms with Gasteiger partial charge in [0.25, 0.3) is 0 Å². The molecule has 1 amide bonds. The number of likely N-dealkylation sites (N-methyl/N-ethyl adjacent to an activating group) is 1. The van der Waals surface area contributed by atoms with E-state index in [2.05, 4.69) is 16.5 Å². The third-order valence-electron chi connectivity index (χ3n) is 3.86. The van der Waals surface area contributed by atoms with Crippen LogP contribution in [0.5, 0.6) is 0 Å². The molecule has 1 aliphatic rings. The van der Waals surface area contributed by atoms with Crippen LogP contribution in [0.4, 0.5) is 0 Å². The van der Waals surface area contributed by atoms with Gasteiger partial charge in [-0.25, -0.2) is 13.1 Å². The first-order chi connectivity index (χ1) is 10.5. The lowest BCUT2D eigenvalue weighted by molar-refractivity contribution is -0.132. The largest absolute Gasteiger partial charge is 0.340 e. The van der Waals surface area contributed by atoms with Crippen molar-refractivity contribution in [2.75, 3.05) is 39.3 Å². The van der Waals surface area contributed by atoms with Gasteiger partial charge in [-0.05, 0) is 18.7 Å². The Kier molecular flexibility index (Phi) is 5.93. The Morgan fingerprint density at radius 2 is 1.77 bits per heavy atom. The van der Waals surface area contributed by atoms with Gasteiger partial charge in [0.05, 0.1) is 4.90 Å². The summed E-state index contributed by atoms with van der Waals surface area (Å²) in [6, 6.07) is 8.18. The molecular weight excluding hydrogens is 302 g/mol. The zero-order valence-corrected chi connectivity index (χ0v) is 13.7. The molecule has 1 fully saturated rings. The number of carbonyl (C=O) groups excluding carboxylic acids is 1. The number of sulfonamides is 1. The quantitative estimate of drug-likeness (QED) is 0.828. The summed E-state index contributed by atoms with van der Waals surface area (Å²) in [5.41, 5.74) is 0. The Morgan fingerprint density at radius 1 is 1.14 bits per heavy atom. The molecular formula is C15H23N3O3S. The first-order valence-corrected chi connectivity index (χ1v) is 9.06. The molecule has 0 radical (unpaired) electrons. The lowest BCUT2D eigenvalue weighted by atomic mass is 10.3. The van der Waals surface area contributed by atoms with E-state index >= 15 is 0 Å². The van der Waals surface area contributed by atoms with Crippen molar-refractivity contribution < 1.29 is 13.2 Å². The first kappa shape index (κ1) is 16.9. The zero-order valence-electron chi connectivity index (χ0n) is 12.9. The van der Waals surface area contributed by atoms with Gasteiger partial charge in [0.15, 0.2) is 0 Å². The van der Waals surface area contributed by atoms with Gasteiger partial charge in [-0.1, -0.05) is 25.1 Å². The molecule has 0 saturated carbocycles. The average Bonchev–Trinajstić information content (AvgIpc) is 2.55. The number of amides is 1. The molecule has 1 saturated heterocycles. The molecule has 7 heteroatoms. The SMILES string of the molecule is CCN1CCN(C(=O)CCNS(=O)(=O)c2ccccc2)CC1. The fraction of sp³-hybridized carbons (Fsp3) is 0.533. The highest BCUT2D eigenvalue weighted by atomic mass is 32.2. The molecule has 1 aromatic carbocycles. The Bertz CT molecular complexity index is 581. The van der Waals surface area contributed by atoms with Crippen LogP contribution in [0.15, 0.2) is 35.2 Å². The molecule has 0 bridgehead atoms. The molecule has 0 spiro atoms. The minimum atomic E-state index is -3.53. The molecule has 0 atom stereocenters. The molecule has 1 aromatic rings. The molecule has 1 heterocycles. The topological polar surface area (TPSA) is 69.7 Å². The van der Waals surface area contributed by atoms with Gasteiger partial charge in [-0.15, -0.1) is 0 Å². The zero-order chi connectivity index (χ0) is 16.0. The minimum absolute atomic E-state index is 0.00603. The smallest absolute Gasteiger partial charge is 0.240 e. The van der Waals surface area contributed by atoms with E-state index < -0.39 is 10.0 Å². The summed E-state index contributed by atoms with van der Waals surface area (Å²) in [5, 5.41) is 0. The Hall–Kier alpha value is -1.44. The van der Waals surface area contributed by atoms with Gasteiger partial charge in [0.1, 0.15) is 0 Å². The van der Waals surface area contributed by atoms with Gasteiger partial charge in [-0.3, -0.25) is 4.79 Å². The lowest BCUT2D eigenvalue weighted by Gasteiger charge is -2.34. The fourth-order valence-electron chi connectivity index (χ4n) is 2.45. The van der Waals surface area contributed by atoms with E-state index in [-0.39, 0.29) is 23.8 Å². The summed E-state index contributed by atoms with van der Waals surface area (Å²) in [7, 11) is -3.53.